The van der Waals surface area contributed by atoms with Crippen LogP contribution in [0.25, 0.3) is 22.4 Å². The minimum Gasteiger partial charge on any atom is -0.382 e. The lowest BCUT2D eigenvalue weighted by Crippen LogP contribution is -1.92. The molecule has 1 aromatic carbocycles. The first-order chi connectivity index (χ1) is 10.1. The monoisotopic (exact) mass is 306 g/mol. The van der Waals surface area contributed by atoms with Crippen LogP contribution in [-0.2, 0) is 0 Å². The van der Waals surface area contributed by atoms with E-state index in [9.17, 15) is 8.78 Å². The average molecular weight is 307 g/mol. The van der Waals surface area contributed by atoms with E-state index < -0.39 is 11.6 Å². The zero-order chi connectivity index (χ0) is 15.0. The molecule has 106 valence electrons. The van der Waals surface area contributed by atoms with Crippen LogP contribution in [0, 0.1) is 11.6 Å². The van der Waals surface area contributed by atoms with Crippen LogP contribution in [0.3, 0.4) is 0 Å². The molecule has 0 amide bonds. The largest absolute Gasteiger partial charge is 0.382 e. The van der Waals surface area contributed by atoms with Crippen molar-refractivity contribution in [2.24, 2.45) is 0 Å². The van der Waals surface area contributed by atoms with E-state index in [1.165, 1.54) is 24.4 Å². The summed E-state index contributed by atoms with van der Waals surface area (Å²) in [4.78, 5) is 3.69. The van der Waals surface area contributed by atoms with Crippen LogP contribution in [0.1, 0.15) is 0 Å². The summed E-state index contributed by atoms with van der Waals surface area (Å²) in [5, 5.41) is 6.73. The van der Waals surface area contributed by atoms with Crippen molar-refractivity contribution < 1.29 is 8.78 Å². The second-order valence-electron chi connectivity index (χ2n) is 4.34. The van der Waals surface area contributed by atoms with Gasteiger partial charge in [-0.25, -0.2) is 8.78 Å². The molecule has 0 aliphatic heterocycles. The fraction of sp³-hybridized carbons (Fsp3) is 0. The van der Waals surface area contributed by atoms with Crippen molar-refractivity contribution in [3.8, 4) is 22.4 Å². The van der Waals surface area contributed by atoms with Gasteiger partial charge in [-0.1, -0.05) is 11.6 Å². The lowest BCUT2D eigenvalue weighted by Gasteiger charge is -2.07. The number of nitrogen functional groups attached to an aromatic ring is 1. The predicted octanol–water partition coefficient (Wildman–Crippen LogP) is 3.65. The number of anilines is 1. The third-order valence-electron chi connectivity index (χ3n) is 3.04. The van der Waals surface area contributed by atoms with Crippen LogP contribution < -0.4 is 5.73 Å². The zero-order valence-corrected chi connectivity index (χ0v) is 11.3. The molecule has 3 rings (SSSR count). The number of nitrogens with one attached hydrogen (secondary N) is 1. The van der Waals surface area contributed by atoms with Crippen molar-refractivity contribution >= 4 is 17.4 Å². The highest BCUT2D eigenvalue weighted by Crippen LogP contribution is 2.39. The van der Waals surface area contributed by atoms with Gasteiger partial charge in [-0.15, -0.1) is 0 Å². The summed E-state index contributed by atoms with van der Waals surface area (Å²) in [6.45, 7) is 0. The highest BCUT2D eigenvalue weighted by atomic mass is 35.5. The summed E-state index contributed by atoms with van der Waals surface area (Å²) in [5.41, 5.74) is 7.34. The van der Waals surface area contributed by atoms with E-state index in [-0.39, 0.29) is 16.4 Å². The number of benzene rings is 1. The Morgan fingerprint density at radius 2 is 1.95 bits per heavy atom. The molecule has 0 unspecified atom stereocenters. The number of H-pyrrole nitrogens is 1. The van der Waals surface area contributed by atoms with Crippen molar-refractivity contribution in [3.63, 3.8) is 0 Å². The fourth-order valence-corrected chi connectivity index (χ4v) is 2.36. The number of nitrogens with two attached hydrogens (primary N) is 1. The van der Waals surface area contributed by atoms with Gasteiger partial charge in [0.1, 0.15) is 5.82 Å². The first-order valence-corrected chi connectivity index (χ1v) is 6.35. The number of aromatic amines is 1. The van der Waals surface area contributed by atoms with Gasteiger partial charge < -0.3 is 5.73 Å². The molecular formula is C14H9ClF2N4. The van der Waals surface area contributed by atoms with Crippen LogP contribution in [-0.4, -0.2) is 15.2 Å². The summed E-state index contributed by atoms with van der Waals surface area (Å²) in [7, 11) is 0. The van der Waals surface area contributed by atoms with Gasteiger partial charge in [-0.3, -0.25) is 10.1 Å². The Balaban J connectivity index is 2.25. The first-order valence-electron chi connectivity index (χ1n) is 5.97. The normalized spacial score (nSPS) is 10.8. The minimum atomic E-state index is -0.527. The van der Waals surface area contributed by atoms with Gasteiger partial charge in [0, 0.05) is 17.3 Å². The van der Waals surface area contributed by atoms with Crippen LogP contribution >= 0.6 is 11.6 Å². The van der Waals surface area contributed by atoms with Gasteiger partial charge in [0.05, 0.1) is 22.5 Å². The van der Waals surface area contributed by atoms with E-state index in [0.29, 0.717) is 16.8 Å². The molecule has 0 fully saturated rings. The molecule has 4 nitrogen and oxygen atoms in total. The Hall–Kier alpha value is -2.47. The smallest absolute Gasteiger partial charge is 0.153 e. The average Bonchev–Trinajstić information content (AvgIpc) is 2.81. The van der Waals surface area contributed by atoms with Gasteiger partial charge in [0.2, 0.25) is 0 Å². The highest BCUT2D eigenvalue weighted by molar-refractivity contribution is 6.33. The Kier molecular flexibility index (Phi) is 3.31. The van der Waals surface area contributed by atoms with Gasteiger partial charge in [-0.2, -0.15) is 5.10 Å². The molecule has 0 radical (unpaired) electrons. The van der Waals surface area contributed by atoms with Crippen molar-refractivity contribution in [2.45, 2.75) is 0 Å². The molecule has 0 aliphatic carbocycles. The maximum absolute atomic E-state index is 13.9. The molecule has 0 bridgehead atoms. The summed E-state index contributed by atoms with van der Waals surface area (Å²) >= 11 is 6.05. The molecule has 2 aromatic heterocycles. The number of nitrogens with zero attached hydrogens (tertiary/aromatic N) is 2. The Morgan fingerprint density at radius 3 is 2.67 bits per heavy atom. The molecule has 3 aromatic rings. The maximum atomic E-state index is 13.9. The van der Waals surface area contributed by atoms with Gasteiger partial charge in [-0.05, 0) is 24.3 Å². The zero-order valence-electron chi connectivity index (χ0n) is 10.6. The van der Waals surface area contributed by atoms with Gasteiger partial charge in [0.15, 0.2) is 11.6 Å². The molecule has 0 saturated carbocycles. The molecule has 2 heterocycles. The summed E-state index contributed by atoms with van der Waals surface area (Å²) in [6, 6.07) is 5.38. The standard InChI is InChI=1S/C14H9ClF2N4/c15-10-5-7(16)1-2-8(10)12-13(20-21-14(12)18)9-3-4-19-6-11(9)17/h1-6H,(H3,18,20,21). The van der Waals surface area contributed by atoms with Crippen LogP contribution in [0.4, 0.5) is 14.6 Å². The molecule has 21 heavy (non-hydrogen) atoms. The van der Waals surface area contributed by atoms with E-state index >= 15 is 0 Å². The first kappa shape index (κ1) is 13.5. The van der Waals surface area contributed by atoms with Gasteiger partial charge >= 0.3 is 0 Å². The molecule has 0 atom stereocenters. The van der Waals surface area contributed by atoms with E-state index in [2.05, 4.69) is 15.2 Å². The van der Waals surface area contributed by atoms with Crippen molar-refractivity contribution in [3.05, 3.63) is 53.3 Å². The van der Waals surface area contributed by atoms with Crippen LogP contribution in [0.5, 0.6) is 0 Å². The van der Waals surface area contributed by atoms with E-state index in [0.717, 1.165) is 12.3 Å². The number of pyridine rings is 1. The Labute approximate surface area is 123 Å². The fourth-order valence-electron chi connectivity index (χ4n) is 2.09. The van der Waals surface area contributed by atoms with Crippen molar-refractivity contribution in [1.82, 2.24) is 15.2 Å². The number of rotatable bonds is 2. The van der Waals surface area contributed by atoms with Crippen LogP contribution in [0.15, 0.2) is 36.7 Å². The predicted molar refractivity (Wildman–Crippen MR) is 76.6 cm³/mol. The maximum Gasteiger partial charge on any atom is 0.153 e. The Morgan fingerprint density at radius 1 is 1.14 bits per heavy atom. The summed E-state index contributed by atoms with van der Waals surface area (Å²) < 4.78 is 27.1. The summed E-state index contributed by atoms with van der Waals surface area (Å²) in [5.74, 6) is -0.849. The quantitative estimate of drug-likeness (QED) is 0.759. The lowest BCUT2D eigenvalue weighted by molar-refractivity contribution is 0.624. The molecular weight excluding hydrogens is 298 g/mol. The van der Waals surface area contributed by atoms with Crippen LogP contribution in [0.2, 0.25) is 5.02 Å². The second-order valence-corrected chi connectivity index (χ2v) is 4.75. The van der Waals surface area contributed by atoms with Crippen molar-refractivity contribution in [1.29, 1.82) is 0 Å². The molecule has 0 spiro atoms. The van der Waals surface area contributed by atoms with E-state index in [1.807, 2.05) is 0 Å². The minimum absolute atomic E-state index is 0.148. The lowest BCUT2D eigenvalue weighted by atomic mass is 10.0. The number of halogens is 3. The SMILES string of the molecule is Nc1n[nH]c(-c2ccncc2F)c1-c1ccc(F)cc1Cl. The third-order valence-corrected chi connectivity index (χ3v) is 3.35. The number of hydrogen-bond acceptors (Lipinski definition) is 3. The Bertz CT molecular complexity index is 816. The van der Waals surface area contributed by atoms with Crippen molar-refractivity contribution in [2.75, 3.05) is 5.73 Å². The number of hydrogen-bond donors (Lipinski definition) is 2. The molecule has 0 saturated heterocycles. The second kappa shape index (κ2) is 5.14. The topological polar surface area (TPSA) is 67.6 Å². The summed E-state index contributed by atoms with van der Waals surface area (Å²) in [6.07, 6.45) is 2.54. The third kappa shape index (κ3) is 2.34. The molecule has 3 N–H and O–H groups in total. The number of aromatic nitrogens is 3. The highest BCUT2D eigenvalue weighted by Gasteiger charge is 2.19. The van der Waals surface area contributed by atoms with E-state index in [4.69, 9.17) is 17.3 Å². The van der Waals surface area contributed by atoms with Gasteiger partial charge in [0.25, 0.3) is 0 Å². The molecule has 7 heteroatoms. The van der Waals surface area contributed by atoms with E-state index in [1.54, 1.807) is 0 Å². The molecule has 0 aliphatic rings.